The fourth-order valence-electron chi connectivity index (χ4n) is 1.72. The van der Waals surface area contributed by atoms with Crippen molar-refractivity contribution in [2.45, 2.75) is 0 Å². The summed E-state index contributed by atoms with van der Waals surface area (Å²) in [5.41, 5.74) is 1.89. The van der Waals surface area contributed by atoms with Gasteiger partial charge in [0.2, 0.25) is 0 Å². The van der Waals surface area contributed by atoms with Crippen LogP contribution in [0.1, 0.15) is 0 Å². The van der Waals surface area contributed by atoms with Gasteiger partial charge in [-0.1, -0.05) is 18.2 Å². The third-order valence-electron chi connectivity index (χ3n) is 2.37. The number of rotatable bonds is 0. The molecular weight excluding hydrogens is 178 g/mol. The van der Waals surface area contributed by atoms with E-state index in [1.54, 1.807) is 12.3 Å². The second kappa shape index (κ2) is 2.48. The highest BCUT2D eigenvalue weighted by Gasteiger charge is 2.12. The van der Waals surface area contributed by atoms with E-state index in [-0.39, 0.29) is 0 Å². The van der Waals surface area contributed by atoms with E-state index < -0.39 is 0 Å². The second-order valence-electron chi connectivity index (χ2n) is 3.22. The SMILES string of the molecule is O[15n]1cccc2c3ccccc3[15n]c1-2. The van der Waals surface area contributed by atoms with E-state index in [4.69, 9.17) is 0 Å². The van der Waals surface area contributed by atoms with Gasteiger partial charge in [-0.3, -0.25) is 0 Å². The molecule has 2 heterocycles. The first kappa shape index (κ1) is 7.38. The molecule has 0 radical (unpaired) electrons. The van der Waals surface area contributed by atoms with Gasteiger partial charge in [0, 0.05) is 17.1 Å². The molecule has 68 valence electrons. The van der Waals surface area contributed by atoms with E-state index in [1.807, 2.05) is 30.3 Å². The zero-order valence-electron chi connectivity index (χ0n) is 7.38. The van der Waals surface area contributed by atoms with Crippen LogP contribution in [0, 0.1) is 0 Å². The maximum atomic E-state index is 9.53. The molecule has 0 unspecified atom stereocenters. The van der Waals surface area contributed by atoms with Crippen LogP contribution in [0.3, 0.4) is 0 Å². The molecule has 0 bridgehead atoms. The Morgan fingerprint density at radius 2 is 1.93 bits per heavy atom. The van der Waals surface area contributed by atoms with Crippen LogP contribution in [-0.2, 0) is 0 Å². The lowest BCUT2D eigenvalue weighted by molar-refractivity contribution is 0.187. The zero-order valence-corrected chi connectivity index (χ0v) is 7.38. The summed E-state index contributed by atoms with van der Waals surface area (Å²) in [7, 11) is 0. The summed E-state index contributed by atoms with van der Waals surface area (Å²) in [6.07, 6.45) is 1.58. The number of nitrogens with zero attached hydrogens (tertiary/aromatic N) is 2. The van der Waals surface area contributed by atoms with E-state index in [9.17, 15) is 5.21 Å². The molecule has 0 aromatic heterocycles. The molecule has 0 saturated heterocycles. The molecule has 14 heavy (non-hydrogen) atoms. The van der Waals surface area contributed by atoms with Gasteiger partial charge in [-0.05, 0) is 18.2 Å². The van der Waals surface area contributed by atoms with Crippen molar-refractivity contribution in [1.29, 1.82) is 0 Å². The van der Waals surface area contributed by atoms with Gasteiger partial charge in [-0.2, -0.15) is 4.73 Å². The zero-order chi connectivity index (χ0) is 9.54. The number of hydrogen-bond donors (Lipinski definition) is 1. The molecule has 0 fully saturated rings. The number of aromatic nitrogens is 2. The van der Waals surface area contributed by atoms with Crippen LogP contribution in [0.2, 0.25) is 0 Å². The van der Waals surface area contributed by atoms with E-state index in [1.165, 1.54) is 0 Å². The smallest absolute Gasteiger partial charge is 0.176 e. The molecule has 3 heteroatoms. The average Bonchev–Trinajstić information content (AvgIpc) is 2.59. The molecule has 0 amide bonds. The number of hydrogen-bond acceptors (Lipinski definition) is 2. The Kier molecular flexibility index (Phi) is 1.31. The lowest BCUT2D eigenvalue weighted by atomic mass is 10.1. The van der Waals surface area contributed by atoms with Gasteiger partial charge < -0.3 is 5.21 Å². The Labute approximate surface area is 80.5 Å². The molecule has 2 aliphatic heterocycles. The summed E-state index contributed by atoms with van der Waals surface area (Å²) >= 11 is 0. The maximum Gasteiger partial charge on any atom is 0.176 e. The summed E-state index contributed by atoms with van der Waals surface area (Å²) in [5.74, 6) is 0.605. The highest BCUT2D eigenvalue weighted by Crippen LogP contribution is 2.29. The highest BCUT2D eigenvalue weighted by atomic mass is 16.7. The van der Waals surface area contributed by atoms with Gasteiger partial charge in [0.1, 0.15) is 0 Å². The summed E-state index contributed by atoms with van der Waals surface area (Å²) in [5, 5.41) is 10.6. The van der Waals surface area contributed by atoms with E-state index in [2.05, 4.69) is 4.98 Å². The van der Waals surface area contributed by atoms with E-state index in [0.717, 1.165) is 21.2 Å². The molecule has 0 aliphatic carbocycles. The third-order valence-corrected chi connectivity index (χ3v) is 2.37. The second-order valence-corrected chi connectivity index (χ2v) is 3.22. The average molecular weight is 186 g/mol. The van der Waals surface area contributed by atoms with E-state index in [0.29, 0.717) is 5.82 Å². The van der Waals surface area contributed by atoms with Crippen LogP contribution in [0.4, 0.5) is 0 Å². The highest BCUT2D eigenvalue weighted by molar-refractivity contribution is 5.96. The first-order valence-corrected chi connectivity index (χ1v) is 4.41. The fraction of sp³-hybridized carbons (Fsp3) is 0. The molecular formula is C11H8N2O. The Hall–Kier alpha value is -2.03. The summed E-state index contributed by atoms with van der Waals surface area (Å²) in [6.45, 7) is 0. The molecule has 3 nitrogen and oxygen atoms in total. The number of pyridine rings is 1. The molecule has 0 spiro atoms. The standard InChI is InChI=1S/C11H8N2O/c14-13-7-3-5-9-8-4-1-2-6-10(8)12-11(9)13/h1-7,14H/i12+1,13+1. The Morgan fingerprint density at radius 3 is 2.86 bits per heavy atom. The Morgan fingerprint density at radius 1 is 1.07 bits per heavy atom. The lowest BCUT2D eigenvalue weighted by Crippen LogP contribution is -1.96. The van der Waals surface area contributed by atoms with Gasteiger partial charge in [0.25, 0.3) is 0 Å². The van der Waals surface area contributed by atoms with Gasteiger partial charge in [0.15, 0.2) is 5.82 Å². The molecule has 1 aromatic rings. The van der Waals surface area contributed by atoms with Crippen molar-refractivity contribution in [3.05, 3.63) is 42.6 Å². The van der Waals surface area contributed by atoms with Gasteiger partial charge in [0.05, 0.1) is 5.52 Å². The van der Waals surface area contributed by atoms with Crippen molar-refractivity contribution in [2.24, 2.45) is 0 Å². The minimum Gasteiger partial charge on any atom is -0.427 e. The molecule has 3 rings (SSSR count). The van der Waals surface area contributed by atoms with Crippen LogP contribution in [0.15, 0.2) is 42.6 Å². The van der Waals surface area contributed by atoms with Crippen molar-refractivity contribution >= 4 is 10.9 Å². The summed E-state index contributed by atoms with van der Waals surface area (Å²) in [4.78, 5) is 4.33. The van der Waals surface area contributed by atoms with E-state index >= 15 is 0 Å². The Bertz CT molecular complexity index is 571. The van der Waals surface area contributed by atoms with Crippen LogP contribution < -0.4 is 0 Å². The summed E-state index contributed by atoms with van der Waals surface area (Å²) in [6, 6.07) is 11.6. The first-order chi connectivity index (χ1) is 6.86. The van der Waals surface area contributed by atoms with Crippen LogP contribution in [-0.4, -0.2) is 14.9 Å². The normalized spacial score (nSPS) is 11.1. The fourth-order valence-corrected chi connectivity index (χ4v) is 1.72. The molecule has 0 atom stereocenters. The monoisotopic (exact) mass is 186 g/mol. The van der Waals surface area contributed by atoms with Gasteiger partial charge >= 0.3 is 0 Å². The van der Waals surface area contributed by atoms with Crippen molar-refractivity contribution in [3.8, 4) is 11.4 Å². The Balaban J connectivity index is 2.55. The topological polar surface area (TPSA) is 38.0 Å². The lowest BCUT2D eigenvalue weighted by Gasteiger charge is -2.01. The number of fused-ring (bicyclic) bond motifs is 3. The third kappa shape index (κ3) is 0.836. The maximum absolute atomic E-state index is 9.53. The van der Waals surface area contributed by atoms with Crippen molar-refractivity contribution in [1.82, 2.24) is 9.71 Å². The first-order valence-electron chi connectivity index (χ1n) is 4.41. The molecule has 1 aromatic carbocycles. The molecule has 0 saturated carbocycles. The van der Waals surface area contributed by atoms with Gasteiger partial charge in [-0.25, -0.2) is 4.98 Å². The van der Waals surface area contributed by atoms with Crippen molar-refractivity contribution < 1.29 is 5.21 Å². The largest absolute Gasteiger partial charge is 0.427 e. The van der Waals surface area contributed by atoms with Gasteiger partial charge in [-0.15, -0.1) is 0 Å². The predicted molar refractivity (Wildman–Crippen MR) is 53.5 cm³/mol. The predicted octanol–water partition coefficient (Wildman–Crippen LogP) is 2.38. The summed E-state index contributed by atoms with van der Waals surface area (Å²) < 4.78 is 1.05. The number of benzene rings is 1. The van der Waals surface area contributed by atoms with Crippen LogP contribution >= 0.6 is 0 Å². The van der Waals surface area contributed by atoms with Crippen LogP contribution in [0.5, 0.6) is 0 Å². The van der Waals surface area contributed by atoms with Crippen LogP contribution in [0.25, 0.3) is 22.3 Å². The quantitative estimate of drug-likeness (QED) is 0.547. The molecule has 1 N–H and O–H groups in total. The minimum absolute atomic E-state index is 0.605. The molecule has 2 aliphatic rings. The minimum atomic E-state index is 0.605. The number of para-hydroxylation sites is 1. The van der Waals surface area contributed by atoms with Crippen molar-refractivity contribution in [2.75, 3.05) is 0 Å². The van der Waals surface area contributed by atoms with Crippen molar-refractivity contribution in [3.63, 3.8) is 0 Å².